The Morgan fingerprint density at radius 3 is 2.17 bits per heavy atom. The minimum atomic E-state index is -0.116. The monoisotopic (exact) mass is 388 g/mol. The summed E-state index contributed by atoms with van der Waals surface area (Å²) >= 11 is 3.36. The van der Waals surface area contributed by atoms with Crippen LogP contribution >= 0.6 is 15.9 Å². The molecule has 0 spiro atoms. The second-order valence-electron chi connectivity index (χ2n) is 5.72. The highest BCUT2D eigenvalue weighted by Gasteiger charge is 2.17. The number of carbonyl (C=O) groups excluding carboxylic acids is 2. The van der Waals surface area contributed by atoms with Crippen LogP contribution in [0.3, 0.4) is 0 Å². The molecule has 2 rings (SSSR count). The molecule has 0 unspecified atom stereocenters. The first-order valence-corrected chi connectivity index (χ1v) is 8.57. The molecular formula is C19H21BrN2O2. The van der Waals surface area contributed by atoms with Crippen molar-refractivity contribution >= 4 is 39.1 Å². The Morgan fingerprint density at radius 1 is 1.04 bits per heavy atom. The molecule has 24 heavy (non-hydrogen) atoms. The van der Waals surface area contributed by atoms with Crippen LogP contribution in [0.15, 0.2) is 46.9 Å². The standard InChI is InChI=1S/C19H21BrN2O2/c1-13-5-4-6-14(2)19(13)22(15(3)23)12-11-18(24)21-17-9-7-16(20)8-10-17/h4-10H,11-12H2,1-3H3,(H,21,24). The van der Waals surface area contributed by atoms with Gasteiger partial charge in [-0.25, -0.2) is 0 Å². The quantitative estimate of drug-likeness (QED) is 0.822. The van der Waals surface area contributed by atoms with Crippen molar-refractivity contribution in [3.63, 3.8) is 0 Å². The molecule has 2 aromatic rings. The van der Waals surface area contributed by atoms with E-state index in [9.17, 15) is 9.59 Å². The van der Waals surface area contributed by atoms with Crippen molar-refractivity contribution in [2.45, 2.75) is 27.2 Å². The lowest BCUT2D eigenvalue weighted by Crippen LogP contribution is -2.33. The van der Waals surface area contributed by atoms with E-state index in [4.69, 9.17) is 0 Å². The molecule has 0 saturated heterocycles. The summed E-state index contributed by atoms with van der Waals surface area (Å²) in [4.78, 5) is 25.9. The van der Waals surface area contributed by atoms with Gasteiger partial charge in [-0.05, 0) is 49.2 Å². The maximum absolute atomic E-state index is 12.2. The molecule has 0 bridgehead atoms. The van der Waals surface area contributed by atoms with Gasteiger partial charge < -0.3 is 10.2 Å². The molecule has 0 fully saturated rings. The Morgan fingerprint density at radius 2 is 1.62 bits per heavy atom. The van der Waals surface area contributed by atoms with Crippen LogP contribution in [0.1, 0.15) is 24.5 Å². The predicted molar refractivity (Wildman–Crippen MR) is 101 cm³/mol. The fourth-order valence-electron chi connectivity index (χ4n) is 2.63. The molecule has 5 heteroatoms. The van der Waals surface area contributed by atoms with Gasteiger partial charge in [0.25, 0.3) is 0 Å². The Balaban J connectivity index is 2.05. The predicted octanol–water partition coefficient (Wildman–Crippen LogP) is 4.45. The minimum Gasteiger partial charge on any atom is -0.326 e. The van der Waals surface area contributed by atoms with Gasteiger partial charge in [-0.3, -0.25) is 9.59 Å². The SMILES string of the molecule is CC(=O)N(CCC(=O)Nc1ccc(Br)cc1)c1c(C)cccc1C. The molecule has 0 atom stereocenters. The third-order valence-electron chi connectivity index (χ3n) is 3.78. The van der Waals surface area contributed by atoms with Crippen molar-refractivity contribution in [3.8, 4) is 0 Å². The average Bonchev–Trinajstić information content (AvgIpc) is 2.52. The summed E-state index contributed by atoms with van der Waals surface area (Å²) in [5, 5.41) is 2.85. The van der Waals surface area contributed by atoms with Gasteiger partial charge in [-0.2, -0.15) is 0 Å². The number of hydrogen-bond acceptors (Lipinski definition) is 2. The van der Waals surface area contributed by atoms with Crippen LogP contribution in [0.4, 0.5) is 11.4 Å². The molecule has 0 aliphatic carbocycles. The average molecular weight is 389 g/mol. The molecule has 126 valence electrons. The van der Waals surface area contributed by atoms with E-state index in [0.717, 1.165) is 27.0 Å². The number of para-hydroxylation sites is 1. The van der Waals surface area contributed by atoms with Crippen molar-refractivity contribution < 1.29 is 9.59 Å². The molecular weight excluding hydrogens is 368 g/mol. The highest BCUT2D eigenvalue weighted by molar-refractivity contribution is 9.10. The maximum Gasteiger partial charge on any atom is 0.226 e. The first-order valence-electron chi connectivity index (χ1n) is 7.78. The largest absolute Gasteiger partial charge is 0.326 e. The third kappa shape index (κ3) is 4.68. The first-order chi connectivity index (χ1) is 11.4. The number of carbonyl (C=O) groups is 2. The Bertz CT molecular complexity index is 721. The van der Waals surface area contributed by atoms with E-state index in [1.807, 2.05) is 56.3 Å². The smallest absolute Gasteiger partial charge is 0.226 e. The molecule has 0 radical (unpaired) electrons. The molecule has 0 heterocycles. The van der Waals surface area contributed by atoms with Crippen LogP contribution in [0.2, 0.25) is 0 Å². The molecule has 0 saturated carbocycles. The summed E-state index contributed by atoms with van der Waals surface area (Å²) in [5.74, 6) is -0.182. The second-order valence-corrected chi connectivity index (χ2v) is 6.63. The fraction of sp³-hybridized carbons (Fsp3) is 0.263. The maximum atomic E-state index is 12.2. The van der Waals surface area contributed by atoms with Crippen LogP contribution in [0, 0.1) is 13.8 Å². The van der Waals surface area contributed by atoms with Crippen molar-refractivity contribution in [2.75, 3.05) is 16.8 Å². The summed E-state index contributed by atoms with van der Waals surface area (Å²) in [6.45, 7) is 5.82. The molecule has 2 aromatic carbocycles. The number of nitrogens with one attached hydrogen (secondary N) is 1. The summed E-state index contributed by atoms with van der Waals surface area (Å²) in [7, 11) is 0. The zero-order chi connectivity index (χ0) is 17.7. The van der Waals surface area contributed by atoms with E-state index in [0.29, 0.717) is 6.54 Å². The Hall–Kier alpha value is -2.14. The summed E-state index contributed by atoms with van der Waals surface area (Å²) in [6.07, 6.45) is 0.240. The molecule has 0 aromatic heterocycles. The van der Waals surface area contributed by atoms with Crippen LogP contribution in [0.25, 0.3) is 0 Å². The molecule has 0 aliphatic rings. The first kappa shape index (κ1) is 18.2. The van der Waals surface area contributed by atoms with Crippen molar-refractivity contribution in [2.24, 2.45) is 0 Å². The highest BCUT2D eigenvalue weighted by atomic mass is 79.9. The number of benzene rings is 2. The summed E-state index contributed by atoms with van der Waals surface area (Å²) in [5.41, 5.74) is 3.68. The molecule has 4 nitrogen and oxygen atoms in total. The van der Waals surface area contributed by atoms with Gasteiger partial charge in [0.1, 0.15) is 0 Å². The number of nitrogens with zero attached hydrogens (tertiary/aromatic N) is 1. The van der Waals surface area contributed by atoms with Gasteiger partial charge >= 0.3 is 0 Å². The number of amides is 2. The van der Waals surface area contributed by atoms with E-state index in [-0.39, 0.29) is 18.2 Å². The van der Waals surface area contributed by atoms with Gasteiger partial charge in [0.15, 0.2) is 0 Å². The van der Waals surface area contributed by atoms with E-state index >= 15 is 0 Å². The van der Waals surface area contributed by atoms with Gasteiger partial charge in [-0.1, -0.05) is 34.1 Å². The fourth-order valence-corrected chi connectivity index (χ4v) is 2.89. The summed E-state index contributed by atoms with van der Waals surface area (Å²) in [6, 6.07) is 13.3. The lowest BCUT2D eigenvalue weighted by Gasteiger charge is -2.25. The molecule has 0 aliphatic heterocycles. The lowest BCUT2D eigenvalue weighted by atomic mass is 10.1. The number of halogens is 1. The van der Waals surface area contributed by atoms with E-state index in [1.165, 1.54) is 6.92 Å². The topological polar surface area (TPSA) is 49.4 Å². The Kier molecular flexibility index (Phi) is 6.15. The van der Waals surface area contributed by atoms with E-state index in [1.54, 1.807) is 4.90 Å². The van der Waals surface area contributed by atoms with Crippen molar-refractivity contribution in [1.29, 1.82) is 0 Å². The van der Waals surface area contributed by atoms with Crippen LogP contribution < -0.4 is 10.2 Å². The highest BCUT2D eigenvalue weighted by Crippen LogP contribution is 2.25. The van der Waals surface area contributed by atoms with Crippen molar-refractivity contribution in [1.82, 2.24) is 0 Å². The number of hydrogen-bond donors (Lipinski definition) is 1. The van der Waals surface area contributed by atoms with E-state index in [2.05, 4.69) is 21.2 Å². The van der Waals surface area contributed by atoms with Crippen LogP contribution in [-0.2, 0) is 9.59 Å². The second kappa shape index (κ2) is 8.11. The summed E-state index contributed by atoms with van der Waals surface area (Å²) < 4.78 is 0.957. The van der Waals surface area contributed by atoms with Gasteiger partial charge in [0.2, 0.25) is 11.8 Å². The lowest BCUT2D eigenvalue weighted by molar-refractivity contribution is -0.117. The van der Waals surface area contributed by atoms with Crippen LogP contribution in [-0.4, -0.2) is 18.4 Å². The minimum absolute atomic E-state index is 0.0659. The van der Waals surface area contributed by atoms with Gasteiger partial charge in [0.05, 0.1) is 0 Å². The van der Waals surface area contributed by atoms with Crippen molar-refractivity contribution in [3.05, 3.63) is 58.1 Å². The van der Waals surface area contributed by atoms with Gasteiger partial charge in [-0.15, -0.1) is 0 Å². The van der Waals surface area contributed by atoms with E-state index < -0.39 is 0 Å². The normalized spacial score (nSPS) is 10.3. The Labute approximate surface area is 151 Å². The zero-order valence-corrected chi connectivity index (χ0v) is 15.7. The zero-order valence-electron chi connectivity index (χ0n) is 14.1. The molecule has 2 amide bonds. The number of aryl methyl sites for hydroxylation is 2. The van der Waals surface area contributed by atoms with Gasteiger partial charge in [0, 0.05) is 35.7 Å². The number of rotatable bonds is 5. The molecule has 1 N–H and O–H groups in total. The van der Waals surface area contributed by atoms with Crippen LogP contribution in [0.5, 0.6) is 0 Å². The third-order valence-corrected chi connectivity index (χ3v) is 4.31. The number of anilines is 2.